The zero-order valence-corrected chi connectivity index (χ0v) is 12.9. The molecule has 1 aliphatic carbocycles. The Kier molecular flexibility index (Phi) is 4.27. The second-order valence-corrected chi connectivity index (χ2v) is 6.26. The fourth-order valence-corrected chi connectivity index (χ4v) is 2.81. The Balaban J connectivity index is 1.61. The van der Waals surface area contributed by atoms with Gasteiger partial charge in [-0.3, -0.25) is 0 Å². The largest absolute Gasteiger partial charge is 0.417 e. The highest BCUT2D eigenvalue weighted by atomic mass is 35.5. The van der Waals surface area contributed by atoms with E-state index in [1.165, 1.54) is 0 Å². The van der Waals surface area contributed by atoms with E-state index in [0.29, 0.717) is 25.3 Å². The fraction of sp³-hybridized carbons (Fsp3) is 0.571. The van der Waals surface area contributed by atoms with Crippen LogP contribution in [0.15, 0.2) is 12.3 Å². The number of carbonyl (C=O) groups is 1. The monoisotopic (exact) mass is 348 g/mol. The van der Waals surface area contributed by atoms with Crippen LogP contribution in [0.2, 0.25) is 5.02 Å². The molecule has 5 nitrogen and oxygen atoms in total. The number of pyridine rings is 1. The summed E-state index contributed by atoms with van der Waals surface area (Å²) in [5, 5.41) is 5.66. The molecule has 2 heterocycles. The Bertz CT molecular complexity index is 606. The second kappa shape index (κ2) is 6.07. The van der Waals surface area contributed by atoms with Gasteiger partial charge in [-0.05, 0) is 25.3 Å². The van der Waals surface area contributed by atoms with Crippen LogP contribution in [0.5, 0.6) is 0 Å². The maximum Gasteiger partial charge on any atom is 0.417 e. The van der Waals surface area contributed by atoms with E-state index in [0.717, 1.165) is 25.1 Å². The third kappa shape index (κ3) is 3.99. The van der Waals surface area contributed by atoms with Crippen LogP contribution in [-0.4, -0.2) is 36.2 Å². The lowest BCUT2D eigenvalue weighted by molar-refractivity contribution is -0.137. The number of urea groups is 1. The highest BCUT2D eigenvalue weighted by Crippen LogP contribution is 2.34. The molecule has 23 heavy (non-hydrogen) atoms. The number of nitrogens with one attached hydrogen (secondary N) is 2. The topological polar surface area (TPSA) is 57.3 Å². The first kappa shape index (κ1) is 16.2. The number of hydrogen-bond donors (Lipinski definition) is 2. The van der Waals surface area contributed by atoms with E-state index in [1.807, 2.05) is 0 Å². The van der Waals surface area contributed by atoms with E-state index < -0.39 is 11.7 Å². The Morgan fingerprint density at radius 1 is 1.26 bits per heavy atom. The predicted molar refractivity (Wildman–Crippen MR) is 79.6 cm³/mol. The van der Waals surface area contributed by atoms with E-state index in [-0.39, 0.29) is 23.1 Å². The number of nitrogens with zero attached hydrogens (tertiary/aromatic N) is 2. The zero-order valence-electron chi connectivity index (χ0n) is 12.2. The Morgan fingerprint density at radius 2 is 1.96 bits per heavy atom. The van der Waals surface area contributed by atoms with Gasteiger partial charge in [0.25, 0.3) is 0 Å². The summed E-state index contributed by atoms with van der Waals surface area (Å²) >= 11 is 5.94. The maximum absolute atomic E-state index is 12.6. The molecule has 2 aliphatic rings. The highest BCUT2D eigenvalue weighted by Gasteiger charge is 2.33. The smallest absolute Gasteiger partial charge is 0.353 e. The molecule has 0 unspecified atom stereocenters. The first-order valence-electron chi connectivity index (χ1n) is 7.37. The first-order valence-corrected chi connectivity index (χ1v) is 7.75. The van der Waals surface area contributed by atoms with Gasteiger partial charge in [0.05, 0.1) is 10.6 Å². The molecule has 2 N–H and O–H groups in total. The summed E-state index contributed by atoms with van der Waals surface area (Å²) in [6, 6.07) is 0.878. The Morgan fingerprint density at radius 3 is 2.57 bits per heavy atom. The minimum Gasteiger partial charge on any atom is -0.353 e. The molecule has 2 fully saturated rings. The Labute approximate surface area is 136 Å². The van der Waals surface area contributed by atoms with Crippen molar-refractivity contribution >= 4 is 23.4 Å². The van der Waals surface area contributed by atoms with Gasteiger partial charge in [-0.15, -0.1) is 0 Å². The van der Waals surface area contributed by atoms with Crippen LogP contribution < -0.4 is 15.5 Å². The molecule has 1 atom stereocenters. The van der Waals surface area contributed by atoms with Gasteiger partial charge in [0.1, 0.15) is 5.82 Å². The second-order valence-electron chi connectivity index (χ2n) is 5.85. The normalized spacial score (nSPS) is 21.4. The van der Waals surface area contributed by atoms with Crippen molar-refractivity contribution in [3.05, 3.63) is 22.8 Å². The van der Waals surface area contributed by atoms with E-state index in [9.17, 15) is 18.0 Å². The van der Waals surface area contributed by atoms with Gasteiger partial charge < -0.3 is 15.5 Å². The number of halogens is 4. The van der Waals surface area contributed by atoms with E-state index in [2.05, 4.69) is 15.6 Å². The molecule has 1 aromatic rings. The molecular formula is C14H16ClF3N4O. The van der Waals surface area contributed by atoms with Crippen molar-refractivity contribution in [2.24, 2.45) is 0 Å². The number of rotatable bonds is 3. The van der Waals surface area contributed by atoms with Crippen molar-refractivity contribution in [2.45, 2.75) is 37.5 Å². The lowest BCUT2D eigenvalue weighted by Crippen LogP contribution is -2.44. The summed E-state index contributed by atoms with van der Waals surface area (Å²) in [5.41, 5.74) is -0.871. The van der Waals surface area contributed by atoms with E-state index >= 15 is 0 Å². The molecule has 3 rings (SSSR count). The molecule has 9 heteroatoms. The van der Waals surface area contributed by atoms with Crippen LogP contribution in [0.3, 0.4) is 0 Å². The quantitative estimate of drug-likeness (QED) is 0.883. The van der Waals surface area contributed by atoms with Crippen LogP contribution in [-0.2, 0) is 6.18 Å². The van der Waals surface area contributed by atoms with Crippen LogP contribution >= 0.6 is 11.6 Å². The Hall–Kier alpha value is -1.70. The summed E-state index contributed by atoms with van der Waals surface area (Å²) in [5.74, 6) is 0.312. The lowest BCUT2D eigenvalue weighted by atomic mass is 10.2. The number of amides is 2. The molecule has 1 aliphatic heterocycles. The van der Waals surface area contributed by atoms with Crippen LogP contribution in [0.4, 0.5) is 23.8 Å². The number of alkyl halides is 3. The van der Waals surface area contributed by atoms with Gasteiger partial charge in [-0.1, -0.05) is 11.6 Å². The van der Waals surface area contributed by atoms with Crippen LogP contribution in [0, 0.1) is 0 Å². The van der Waals surface area contributed by atoms with Crippen molar-refractivity contribution in [2.75, 3.05) is 18.0 Å². The molecule has 0 aromatic carbocycles. The molecule has 1 saturated carbocycles. The van der Waals surface area contributed by atoms with Crippen molar-refractivity contribution in [1.29, 1.82) is 0 Å². The van der Waals surface area contributed by atoms with Crippen molar-refractivity contribution in [3.63, 3.8) is 0 Å². The van der Waals surface area contributed by atoms with E-state index in [4.69, 9.17) is 11.6 Å². The van der Waals surface area contributed by atoms with Crippen molar-refractivity contribution in [3.8, 4) is 0 Å². The molecule has 1 saturated heterocycles. The predicted octanol–water partition coefficient (Wildman–Crippen LogP) is 2.79. The van der Waals surface area contributed by atoms with Gasteiger partial charge in [0.15, 0.2) is 0 Å². The summed E-state index contributed by atoms with van der Waals surface area (Å²) in [7, 11) is 0. The van der Waals surface area contributed by atoms with Crippen LogP contribution in [0.1, 0.15) is 24.8 Å². The van der Waals surface area contributed by atoms with Gasteiger partial charge in [-0.25, -0.2) is 9.78 Å². The maximum atomic E-state index is 12.6. The SMILES string of the molecule is O=C(NC1CC1)N[C@H]1CCN(c2ncc(C(F)(F)F)cc2Cl)C1. The van der Waals surface area contributed by atoms with Crippen molar-refractivity contribution < 1.29 is 18.0 Å². The highest BCUT2D eigenvalue weighted by molar-refractivity contribution is 6.33. The molecule has 2 amide bonds. The number of aromatic nitrogens is 1. The van der Waals surface area contributed by atoms with Crippen LogP contribution in [0.25, 0.3) is 0 Å². The van der Waals surface area contributed by atoms with E-state index in [1.54, 1.807) is 4.90 Å². The minimum absolute atomic E-state index is 0.0390. The summed E-state index contributed by atoms with van der Waals surface area (Å²) in [6.45, 7) is 1.04. The summed E-state index contributed by atoms with van der Waals surface area (Å²) in [6.07, 6.45) is -0.978. The number of hydrogen-bond acceptors (Lipinski definition) is 3. The molecule has 126 valence electrons. The van der Waals surface area contributed by atoms with Gasteiger partial charge in [0.2, 0.25) is 0 Å². The third-order valence-electron chi connectivity index (χ3n) is 3.88. The third-order valence-corrected chi connectivity index (χ3v) is 4.16. The van der Waals surface area contributed by atoms with Crippen molar-refractivity contribution in [1.82, 2.24) is 15.6 Å². The summed E-state index contributed by atoms with van der Waals surface area (Å²) in [4.78, 5) is 17.3. The molecule has 0 spiro atoms. The number of carbonyl (C=O) groups excluding carboxylic acids is 1. The summed E-state index contributed by atoms with van der Waals surface area (Å²) < 4.78 is 37.9. The zero-order chi connectivity index (χ0) is 16.6. The molecule has 0 radical (unpaired) electrons. The number of anilines is 1. The fourth-order valence-electron chi connectivity index (χ4n) is 2.53. The molecule has 1 aromatic heterocycles. The average molecular weight is 349 g/mol. The lowest BCUT2D eigenvalue weighted by Gasteiger charge is -2.20. The first-order chi connectivity index (χ1) is 10.8. The molecular weight excluding hydrogens is 333 g/mol. The van der Waals surface area contributed by atoms with Gasteiger partial charge in [-0.2, -0.15) is 13.2 Å². The molecule has 0 bridgehead atoms. The van der Waals surface area contributed by atoms with Gasteiger partial charge >= 0.3 is 12.2 Å². The average Bonchev–Trinajstić information content (AvgIpc) is 3.14. The minimum atomic E-state index is -4.47. The van der Waals surface area contributed by atoms with Gasteiger partial charge in [0, 0.05) is 31.4 Å². The standard InChI is InChI=1S/C14H16ClF3N4O/c15-11-5-8(14(16,17)18)6-19-12(11)22-4-3-10(7-22)21-13(23)20-9-1-2-9/h5-6,9-10H,1-4,7H2,(H2,20,21,23)/t10-/m0/s1.